The summed E-state index contributed by atoms with van der Waals surface area (Å²) in [5, 5.41) is 10.6. The third kappa shape index (κ3) is 5.80. The standard InChI is InChI=1S/C35H49N3O5/c1-5-19-36(22-25-13-9-7-10-14-25)32(40)29-28-17-18-35(43-28)30(29)33(41)38(27(23-39)21-24(3)4)31(35)34(42)37(20-6-2)26-15-11-8-12-16-26/h5-7,9-10,13-14,24,26-31,39H,1-2,8,11-12,15-23H2,3-4H3/t27-,28-,29+,30+,31?,35?/m1/s1. The van der Waals surface area contributed by atoms with Crippen molar-refractivity contribution in [2.45, 2.75) is 102 Å². The lowest BCUT2D eigenvalue weighted by Gasteiger charge is -2.42. The first-order valence-electron chi connectivity index (χ1n) is 16.2. The van der Waals surface area contributed by atoms with Crippen LogP contribution in [0.15, 0.2) is 55.6 Å². The molecular weight excluding hydrogens is 542 g/mol. The number of amides is 3. The van der Waals surface area contributed by atoms with Crippen LogP contribution in [0.2, 0.25) is 0 Å². The van der Waals surface area contributed by atoms with Crippen LogP contribution in [0, 0.1) is 17.8 Å². The summed E-state index contributed by atoms with van der Waals surface area (Å²) in [7, 11) is 0. The van der Waals surface area contributed by atoms with Crippen molar-refractivity contribution in [1.82, 2.24) is 14.7 Å². The van der Waals surface area contributed by atoms with Crippen molar-refractivity contribution in [2.75, 3.05) is 19.7 Å². The number of carbonyl (C=O) groups excluding carboxylic acids is 3. The van der Waals surface area contributed by atoms with E-state index < -0.39 is 35.6 Å². The minimum absolute atomic E-state index is 0.0781. The second-order valence-electron chi connectivity index (χ2n) is 13.3. The van der Waals surface area contributed by atoms with Crippen molar-refractivity contribution in [2.24, 2.45) is 17.8 Å². The summed E-state index contributed by atoms with van der Waals surface area (Å²) in [5.41, 5.74) is -0.0988. The summed E-state index contributed by atoms with van der Waals surface area (Å²) in [6, 6.07) is 8.46. The van der Waals surface area contributed by atoms with Gasteiger partial charge < -0.3 is 24.5 Å². The molecule has 4 aliphatic rings. The van der Waals surface area contributed by atoms with E-state index in [0.29, 0.717) is 38.9 Å². The van der Waals surface area contributed by atoms with Crippen molar-refractivity contribution in [3.63, 3.8) is 0 Å². The Hall–Kier alpha value is -2.97. The topological polar surface area (TPSA) is 90.4 Å². The van der Waals surface area contributed by atoms with Crippen LogP contribution < -0.4 is 0 Å². The fraction of sp³-hybridized carbons (Fsp3) is 0.629. The number of nitrogens with zero attached hydrogens (tertiary/aromatic N) is 3. The maximum atomic E-state index is 14.8. The van der Waals surface area contributed by atoms with Gasteiger partial charge in [-0.05, 0) is 43.6 Å². The molecule has 3 saturated heterocycles. The number of aliphatic hydroxyl groups is 1. The average molecular weight is 592 g/mol. The molecule has 1 aliphatic carbocycles. The van der Waals surface area contributed by atoms with Crippen LogP contribution in [-0.2, 0) is 25.7 Å². The highest BCUT2D eigenvalue weighted by molar-refractivity contribution is 5.99. The molecule has 1 saturated carbocycles. The van der Waals surface area contributed by atoms with E-state index in [4.69, 9.17) is 4.74 Å². The van der Waals surface area contributed by atoms with E-state index in [9.17, 15) is 19.5 Å². The zero-order valence-electron chi connectivity index (χ0n) is 25.9. The highest BCUT2D eigenvalue weighted by Crippen LogP contribution is 2.59. The predicted molar refractivity (Wildman–Crippen MR) is 166 cm³/mol. The van der Waals surface area contributed by atoms with Crippen LogP contribution in [0.5, 0.6) is 0 Å². The SMILES string of the molecule is C=CCN(Cc1ccccc1)C(=O)[C@@H]1[C@H]2C(=O)N([C@@H](CO)CC(C)C)C(C(=O)N(CC=C)C3CCCCC3)C23CC[C@H]1O3. The molecule has 3 amide bonds. The molecule has 2 unspecified atom stereocenters. The minimum Gasteiger partial charge on any atom is -0.394 e. The summed E-state index contributed by atoms with van der Waals surface area (Å²) in [4.78, 5) is 49.1. The maximum absolute atomic E-state index is 14.8. The molecule has 0 aromatic heterocycles. The lowest BCUT2D eigenvalue weighted by atomic mass is 9.70. The summed E-state index contributed by atoms with van der Waals surface area (Å²) in [5.74, 6) is -1.77. The molecule has 3 aliphatic heterocycles. The quantitative estimate of drug-likeness (QED) is 0.345. The summed E-state index contributed by atoms with van der Waals surface area (Å²) in [6.45, 7) is 12.8. The Bertz CT molecular complexity index is 1180. The third-order valence-electron chi connectivity index (χ3n) is 10.1. The highest BCUT2D eigenvalue weighted by atomic mass is 16.5. The molecule has 2 bridgehead atoms. The first-order valence-corrected chi connectivity index (χ1v) is 16.2. The van der Waals surface area contributed by atoms with Crippen LogP contribution in [0.25, 0.3) is 0 Å². The Morgan fingerprint density at radius 1 is 1.07 bits per heavy atom. The summed E-state index contributed by atoms with van der Waals surface area (Å²) in [6.07, 6.45) is 9.88. The molecule has 0 radical (unpaired) electrons. The van der Waals surface area contributed by atoms with Crippen molar-refractivity contribution in [3.8, 4) is 0 Å². The maximum Gasteiger partial charge on any atom is 0.248 e. The zero-order chi connectivity index (χ0) is 30.7. The molecule has 4 fully saturated rings. The van der Waals surface area contributed by atoms with E-state index in [0.717, 1.165) is 37.7 Å². The molecule has 1 N–H and O–H groups in total. The van der Waals surface area contributed by atoms with Crippen LogP contribution in [0.1, 0.15) is 70.8 Å². The second-order valence-corrected chi connectivity index (χ2v) is 13.3. The number of ether oxygens (including phenoxy) is 1. The molecule has 1 spiro atoms. The smallest absolute Gasteiger partial charge is 0.248 e. The van der Waals surface area contributed by atoms with Gasteiger partial charge in [-0.3, -0.25) is 14.4 Å². The molecule has 6 atom stereocenters. The van der Waals surface area contributed by atoms with E-state index in [1.54, 1.807) is 22.0 Å². The number of rotatable bonds is 13. The number of likely N-dealkylation sites (tertiary alicyclic amines) is 1. The van der Waals surface area contributed by atoms with Gasteiger partial charge >= 0.3 is 0 Å². The van der Waals surface area contributed by atoms with Crippen LogP contribution >= 0.6 is 0 Å². The highest BCUT2D eigenvalue weighted by Gasteiger charge is 2.75. The fourth-order valence-corrected chi connectivity index (χ4v) is 8.38. The minimum atomic E-state index is -1.09. The van der Waals surface area contributed by atoms with Crippen molar-refractivity contribution in [3.05, 3.63) is 61.2 Å². The molecule has 8 nitrogen and oxygen atoms in total. The molecule has 1 aromatic carbocycles. The number of aliphatic hydroxyl groups excluding tert-OH is 1. The van der Waals surface area contributed by atoms with Gasteiger partial charge in [0.15, 0.2) is 0 Å². The lowest BCUT2D eigenvalue weighted by Crippen LogP contribution is -2.60. The van der Waals surface area contributed by atoms with Crippen LogP contribution in [-0.4, -0.2) is 87.1 Å². The number of carbonyl (C=O) groups is 3. The normalized spacial score (nSPS) is 29.0. The van der Waals surface area contributed by atoms with Gasteiger partial charge in [-0.1, -0.05) is 75.6 Å². The Labute approximate surface area is 256 Å². The number of fused-ring (bicyclic) bond motifs is 1. The van der Waals surface area contributed by atoms with Gasteiger partial charge in [-0.2, -0.15) is 0 Å². The summed E-state index contributed by atoms with van der Waals surface area (Å²) >= 11 is 0. The van der Waals surface area contributed by atoms with Gasteiger partial charge in [0.05, 0.1) is 30.6 Å². The number of benzene rings is 1. The molecule has 234 valence electrons. The Morgan fingerprint density at radius 2 is 1.77 bits per heavy atom. The van der Waals surface area contributed by atoms with Gasteiger partial charge in [0.25, 0.3) is 0 Å². The van der Waals surface area contributed by atoms with E-state index >= 15 is 0 Å². The Morgan fingerprint density at radius 3 is 2.40 bits per heavy atom. The van der Waals surface area contributed by atoms with Crippen molar-refractivity contribution >= 4 is 17.7 Å². The molecule has 8 heteroatoms. The number of hydrogen-bond donors (Lipinski definition) is 1. The Balaban J connectivity index is 1.54. The van der Waals surface area contributed by atoms with Gasteiger partial charge in [0.2, 0.25) is 17.7 Å². The first-order chi connectivity index (χ1) is 20.8. The van der Waals surface area contributed by atoms with E-state index in [1.807, 2.05) is 35.2 Å². The van der Waals surface area contributed by atoms with Gasteiger partial charge in [0.1, 0.15) is 11.6 Å². The third-order valence-corrected chi connectivity index (χ3v) is 10.1. The van der Waals surface area contributed by atoms with E-state index in [2.05, 4.69) is 27.0 Å². The van der Waals surface area contributed by atoms with Crippen LogP contribution in [0.3, 0.4) is 0 Å². The zero-order valence-corrected chi connectivity index (χ0v) is 25.9. The second kappa shape index (κ2) is 13.3. The van der Waals surface area contributed by atoms with Crippen LogP contribution in [0.4, 0.5) is 0 Å². The monoisotopic (exact) mass is 591 g/mol. The number of hydrogen-bond acceptors (Lipinski definition) is 5. The molecule has 1 aromatic rings. The lowest BCUT2D eigenvalue weighted by molar-refractivity contribution is -0.154. The molecular formula is C35H49N3O5. The first kappa shape index (κ1) is 31.5. The van der Waals surface area contributed by atoms with E-state index in [1.165, 1.54) is 0 Å². The van der Waals surface area contributed by atoms with Crippen molar-refractivity contribution < 1.29 is 24.2 Å². The fourth-order valence-electron chi connectivity index (χ4n) is 8.38. The molecule has 43 heavy (non-hydrogen) atoms. The van der Waals surface area contributed by atoms with Gasteiger partial charge in [-0.15, -0.1) is 13.2 Å². The molecule has 3 heterocycles. The largest absolute Gasteiger partial charge is 0.394 e. The Kier molecular flexibility index (Phi) is 9.76. The van der Waals surface area contributed by atoms with Gasteiger partial charge in [0, 0.05) is 25.7 Å². The summed E-state index contributed by atoms with van der Waals surface area (Å²) < 4.78 is 6.76. The molecule has 5 rings (SSSR count). The van der Waals surface area contributed by atoms with Gasteiger partial charge in [-0.25, -0.2) is 0 Å². The van der Waals surface area contributed by atoms with E-state index in [-0.39, 0.29) is 36.3 Å². The predicted octanol–water partition coefficient (Wildman–Crippen LogP) is 4.33. The average Bonchev–Trinajstić information content (AvgIpc) is 3.66. The van der Waals surface area contributed by atoms with Crippen molar-refractivity contribution in [1.29, 1.82) is 0 Å².